The van der Waals surface area contributed by atoms with E-state index < -0.39 is 11.4 Å². The number of carbonyl (C=O) groups is 1. The minimum absolute atomic E-state index is 0.148. The van der Waals surface area contributed by atoms with Crippen molar-refractivity contribution >= 4 is 34.9 Å². The van der Waals surface area contributed by atoms with E-state index in [1.54, 1.807) is 35.4 Å². The van der Waals surface area contributed by atoms with Crippen molar-refractivity contribution in [2.45, 2.75) is 30.9 Å². The number of methoxy groups -OCH3 is 1. The van der Waals surface area contributed by atoms with Crippen LogP contribution >= 0.6 is 11.6 Å². The maximum atomic E-state index is 14.3. The summed E-state index contributed by atoms with van der Waals surface area (Å²) in [6, 6.07) is 9.93. The smallest absolute Gasteiger partial charge is 0.255 e. The Morgan fingerprint density at radius 2 is 2.02 bits per heavy atom. The van der Waals surface area contributed by atoms with E-state index >= 15 is 0 Å². The maximum absolute atomic E-state index is 14.3. The monoisotopic (exact) mass is 568 g/mol. The fourth-order valence-corrected chi connectivity index (χ4v) is 5.49. The highest BCUT2D eigenvalue weighted by molar-refractivity contribution is 6.46. The molecule has 9 nitrogen and oxygen atoms in total. The van der Waals surface area contributed by atoms with E-state index in [1.165, 1.54) is 13.2 Å². The molecule has 2 N–H and O–H groups in total. The molecule has 1 atom stereocenters. The molecule has 2 aromatic carbocycles. The van der Waals surface area contributed by atoms with Crippen LogP contribution in [0.2, 0.25) is 5.02 Å². The van der Waals surface area contributed by atoms with Crippen LogP contribution in [0.15, 0.2) is 58.8 Å². The Morgan fingerprint density at radius 3 is 2.70 bits per heavy atom. The van der Waals surface area contributed by atoms with Gasteiger partial charge in [0.15, 0.2) is 23.2 Å². The zero-order chi connectivity index (χ0) is 28.4. The number of nitrogens with one attached hydrogen (secondary N) is 1. The summed E-state index contributed by atoms with van der Waals surface area (Å²) >= 11 is 6.57. The third-order valence-electron chi connectivity index (χ3n) is 7.67. The first-order valence-electron chi connectivity index (χ1n) is 13.3. The summed E-state index contributed by atoms with van der Waals surface area (Å²) in [7, 11) is 5.41. The fourth-order valence-electron chi connectivity index (χ4n) is 5.22. The zero-order valence-corrected chi connectivity index (χ0v) is 23.7. The van der Waals surface area contributed by atoms with Gasteiger partial charge >= 0.3 is 0 Å². The van der Waals surface area contributed by atoms with E-state index in [0.717, 1.165) is 12.1 Å². The summed E-state index contributed by atoms with van der Waals surface area (Å²) in [6.45, 7) is 2.21. The highest BCUT2D eigenvalue weighted by atomic mass is 35.5. The average Bonchev–Trinajstić information content (AvgIpc) is 3.37. The van der Waals surface area contributed by atoms with E-state index in [2.05, 4.69) is 20.2 Å². The van der Waals surface area contributed by atoms with Gasteiger partial charge in [-0.05, 0) is 69.3 Å². The number of aliphatic hydroxyl groups is 1. The summed E-state index contributed by atoms with van der Waals surface area (Å²) in [5, 5.41) is 14.5. The van der Waals surface area contributed by atoms with Gasteiger partial charge in [0.05, 0.1) is 35.9 Å². The molecule has 1 amide bonds. The van der Waals surface area contributed by atoms with Crippen molar-refractivity contribution in [3.63, 3.8) is 0 Å². The second-order valence-electron chi connectivity index (χ2n) is 10.6. The lowest BCUT2D eigenvalue weighted by atomic mass is 9.88. The number of fused-ring (bicyclic) bond motifs is 1. The quantitative estimate of drug-likeness (QED) is 0.521. The zero-order valence-electron chi connectivity index (χ0n) is 22.9. The van der Waals surface area contributed by atoms with Gasteiger partial charge in [0.1, 0.15) is 0 Å². The van der Waals surface area contributed by atoms with Crippen LogP contribution in [0.3, 0.4) is 0 Å². The molecule has 40 heavy (non-hydrogen) atoms. The number of amides is 1. The number of piperidine rings is 1. The summed E-state index contributed by atoms with van der Waals surface area (Å²) in [5.74, 6) is 0.791. The largest absolute Gasteiger partial charge is 0.494 e. The summed E-state index contributed by atoms with van der Waals surface area (Å²) < 4.78 is 19.4. The molecule has 3 heterocycles. The third kappa shape index (κ3) is 5.84. The van der Waals surface area contributed by atoms with Crippen LogP contribution in [0.4, 0.5) is 10.1 Å². The Bertz CT molecular complexity index is 1370. The number of rotatable bonds is 7. The molecule has 212 valence electrons. The van der Waals surface area contributed by atoms with E-state index in [0.29, 0.717) is 66.8 Å². The van der Waals surface area contributed by atoms with Gasteiger partial charge in [-0.15, -0.1) is 0 Å². The number of amidine groups is 2. The summed E-state index contributed by atoms with van der Waals surface area (Å²) in [5.41, 5.74) is 1.11. The molecule has 0 aromatic heterocycles. The van der Waals surface area contributed by atoms with Crippen molar-refractivity contribution in [3.8, 4) is 5.75 Å². The first-order chi connectivity index (χ1) is 19.2. The van der Waals surface area contributed by atoms with Crippen LogP contribution in [-0.4, -0.2) is 90.4 Å². The van der Waals surface area contributed by atoms with Gasteiger partial charge in [-0.3, -0.25) is 9.79 Å². The topological polar surface area (TPSA) is 93.0 Å². The Labute approximate surface area is 238 Å². The lowest BCUT2D eigenvalue weighted by Gasteiger charge is -2.39. The van der Waals surface area contributed by atoms with Gasteiger partial charge in [-0.25, -0.2) is 9.38 Å². The van der Waals surface area contributed by atoms with E-state index in [1.807, 2.05) is 31.3 Å². The molecule has 0 spiro atoms. The van der Waals surface area contributed by atoms with E-state index in [9.17, 15) is 14.3 Å². The predicted octanol–water partition coefficient (Wildman–Crippen LogP) is 4.16. The Balaban J connectivity index is 1.23. The molecule has 0 aliphatic carbocycles. The highest BCUT2D eigenvalue weighted by Gasteiger charge is 2.35. The van der Waals surface area contributed by atoms with Gasteiger partial charge in [-0.1, -0.05) is 17.7 Å². The number of nitrogens with zero attached hydrogens (tertiary/aromatic N) is 5. The van der Waals surface area contributed by atoms with E-state index in [4.69, 9.17) is 16.3 Å². The lowest BCUT2D eigenvalue weighted by molar-refractivity contribution is -0.0265. The lowest BCUT2D eigenvalue weighted by Crippen LogP contribution is -2.47. The Hall–Kier alpha value is -3.47. The van der Waals surface area contributed by atoms with Crippen molar-refractivity contribution in [1.29, 1.82) is 0 Å². The molecule has 3 aliphatic heterocycles. The molecular weight excluding hydrogens is 535 g/mol. The minimum Gasteiger partial charge on any atom is -0.494 e. The van der Waals surface area contributed by atoms with Gasteiger partial charge in [-0.2, -0.15) is 0 Å². The number of halogens is 2. The Morgan fingerprint density at radius 1 is 1.25 bits per heavy atom. The molecular formula is C29H34ClFN6O3. The molecule has 1 unspecified atom stereocenters. The van der Waals surface area contributed by atoms with Crippen molar-refractivity contribution in [1.82, 2.24) is 14.7 Å². The van der Waals surface area contributed by atoms with Crippen molar-refractivity contribution < 1.29 is 19.0 Å². The van der Waals surface area contributed by atoms with Crippen LogP contribution in [0, 0.1) is 5.82 Å². The molecule has 2 aromatic rings. The van der Waals surface area contributed by atoms with Crippen LogP contribution in [0.1, 0.15) is 41.2 Å². The second-order valence-corrected chi connectivity index (χ2v) is 11.1. The van der Waals surface area contributed by atoms with Crippen LogP contribution < -0.4 is 10.1 Å². The van der Waals surface area contributed by atoms with E-state index in [-0.39, 0.29) is 17.7 Å². The number of ether oxygens (including phenoxy) is 1. The number of hydrogen-bond acceptors (Lipinski definition) is 8. The average molecular weight is 569 g/mol. The second kappa shape index (κ2) is 11.6. The molecule has 0 saturated carbocycles. The van der Waals surface area contributed by atoms with Crippen molar-refractivity contribution in [2.24, 2.45) is 9.98 Å². The molecule has 3 aliphatic rings. The van der Waals surface area contributed by atoms with Gasteiger partial charge in [0.2, 0.25) is 0 Å². The van der Waals surface area contributed by atoms with Crippen molar-refractivity contribution in [3.05, 3.63) is 70.8 Å². The minimum atomic E-state index is -0.745. The van der Waals surface area contributed by atoms with Gasteiger partial charge in [0.25, 0.3) is 5.91 Å². The fraction of sp³-hybridized carbons (Fsp3) is 0.414. The third-order valence-corrected chi connectivity index (χ3v) is 7.98. The maximum Gasteiger partial charge on any atom is 0.255 e. The van der Waals surface area contributed by atoms with Crippen LogP contribution in [-0.2, 0) is 0 Å². The Kier molecular flexibility index (Phi) is 8.11. The molecule has 5 rings (SSSR count). The predicted molar refractivity (Wildman–Crippen MR) is 155 cm³/mol. The molecule has 1 saturated heterocycles. The van der Waals surface area contributed by atoms with Gasteiger partial charge < -0.3 is 29.9 Å². The van der Waals surface area contributed by atoms with Gasteiger partial charge in [0, 0.05) is 37.7 Å². The molecule has 0 bridgehead atoms. The summed E-state index contributed by atoms with van der Waals surface area (Å²) in [6.07, 6.45) is 5.25. The number of aliphatic imine (C=N–C) groups is 2. The first-order valence-corrected chi connectivity index (χ1v) is 13.7. The molecule has 11 heteroatoms. The highest BCUT2D eigenvalue weighted by Crippen LogP contribution is 2.32. The molecule has 1 fully saturated rings. The normalized spacial score (nSPS) is 19.8. The first kappa shape index (κ1) is 28.1. The number of carbonyl (C=O) groups excluding carboxylic acids is 1. The van der Waals surface area contributed by atoms with Crippen LogP contribution in [0.5, 0.6) is 5.75 Å². The van der Waals surface area contributed by atoms with Crippen LogP contribution in [0.25, 0.3) is 0 Å². The summed E-state index contributed by atoms with van der Waals surface area (Å²) in [4.78, 5) is 28.1. The SMILES string of the molecule is COc1ccc(C2CN=C3C(Nc4ccc(C(=O)N5CCC(O)(CCN(C)C)CC5)c(Cl)c4)=NC=CN32)cc1F. The number of benzene rings is 2. The number of hydrogen-bond donors (Lipinski definition) is 2. The number of likely N-dealkylation sites (tertiary alicyclic amines) is 1. The standard InChI is InChI=1S/C29H34ClFN6O3/c1-35(2)12-8-29(39)9-13-36(14-10-29)28(38)21-6-5-20(17-22(21)30)34-26-27-33-18-24(37(27)15-11-32-26)19-4-7-25(40-3)23(31)16-19/h4-7,11,15-17,24,39H,8-10,12-14,18H2,1-3H3,(H,32,34). The number of anilines is 1. The molecule has 0 radical (unpaired) electrons. The van der Waals surface area contributed by atoms with Crippen molar-refractivity contribution in [2.75, 3.05) is 52.7 Å².